The molecule has 1 aliphatic rings. The fourth-order valence-corrected chi connectivity index (χ4v) is 4.17. The molecular formula is C17H21N5S. The van der Waals surface area contributed by atoms with E-state index in [1.807, 2.05) is 22.4 Å². The van der Waals surface area contributed by atoms with Crippen LogP contribution in [0.2, 0.25) is 0 Å². The Kier molecular flexibility index (Phi) is 3.66. The van der Waals surface area contributed by atoms with Crippen LogP contribution in [0.25, 0.3) is 5.52 Å². The van der Waals surface area contributed by atoms with Gasteiger partial charge in [0.2, 0.25) is 0 Å². The summed E-state index contributed by atoms with van der Waals surface area (Å²) in [5.41, 5.74) is 5.49. The minimum atomic E-state index is 0.0883. The van der Waals surface area contributed by atoms with E-state index in [9.17, 15) is 0 Å². The first kappa shape index (κ1) is 14.8. The van der Waals surface area contributed by atoms with Gasteiger partial charge in [-0.15, -0.1) is 11.3 Å². The van der Waals surface area contributed by atoms with Gasteiger partial charge in [0, 0.05) is 23.9 Å². The van der Waals surface area contributed by atoms with Gasteiger partial charge in [-0.1, -0.05) is 6.92 Å². The monoisotopic (exact) mass is 327 g/mol. The van der Waals surface area contributed by atoms with Crippen LogP contribution in [0.3, 0.4) is 0 Å². The van der Waals surface area contributed by atoms with E-state index in [0.717, 1.165) is 31.0 Å². The van der Waals surface area contributed by atoms with Gasteiger partial charge < -0.3 is 0 Å². The third kappa shape index (κ3) is 2.77. The lowest BCUT2D eigenvalue weighted by atomic mass is 9.78. The first-order valence-electron chi connectivity index (χ1n) is 8.04. The highest BCUT2D eigenvalue weighted by Gasteiger charge is 2.34. The number of imidazole rings is 1. The Hall–Kier alpha value is -1.79. The molecule has 23 heavy (non-hydrogen) atoms. The number of piperidine rings is 1. The lowest BCUT2D eigenvalue weighted by Crippen LogP contribution is -2.44. The van der Waals surface area contributed by atoms with Crippen molar-refractivity contribution in [3.05, 3.63) is 46.7 Å². The van der Waals surface area contributed by atoms with Gasteiger partial charge in [-0.05, 0) is 32.4 Å². The molecule has 4 heterocycles. The fraction of sp³-hybridized carbons (Fsp3) is 0.471. The first-order valence-corrected chi connectivity index (χ1v) is 8.98. The van der Waals surface area contributed by atoms with E-state index in [4.69, 9.17) is 4.98 Å². The third-order valence-electron chi connectivity index (χ3n) is 4.85. The average molecular weight is 327 g/mol. The molecule has 1 unspecified atom stereocenters. The van der Waals surface area contributed by atoms with Crippen molar-refractivity contribution in [2.24, 2.45) is 0 Å². The second-order valence-corrected chi connectivity index (χ2v) is 7.45. The standard InChI is InChI=1S/C17H21N5S/c1-13-20-16(6-15-7-18-11-22(13)15)17(2)4-3-5-21(10-17)8-14-9-23-12-19-14/h6-7,9,11-12H,3-5,8,10H2,1-2H3. The topological polar surface area (TPSA) is 46.3 Å². The summed E-state index contributed by atoms with van der Waals surface area (Å²) >= 11 is 1.67. The number of nitrogens with zero attached hydrogens (tertiary/aromatic N) is 5. The van der Waals surface area contributed by atoms with Crippen molar-refractivity contribution < 1.29 is 0 Å². The number of hydrogen-bond acceptors (Lipinski definition) is 5. The lowest BCUT2D eigenvalue weighted by molar-refractivity contribution is 0.146. The first-order chi connectivity index (χ1) is 11.1. The number of likely N-dealkylation sites (tertiary alicyclic amines) is 1. The Balaban J connectivity index is 1.62. The Morgan fingerprint density at radius 2 is 2.30 bits per heavy atom. The Labute approximate surface area is 140 Å². The summed E-state index contributed by atoms with van der Waals surface area (Å²) in [6, 6.07) is 2.20. The van der Waals surface area contributed by atoms with Crippen LogP contribution in [0, 0.1) is 6.92 Å². The van der Waals surface area contributed by atoms with E-state index in [0.29, 0.717) is 0 Å². The molecule has 0 N–H and O–H groups in total. The highest BCUT2D eigenvalue weighted by molar-refractivity contribution is 7.07. The van der Waals surface area contributed by atoms with Crippen LogP contribution in [0.5, 0.6) is 0 Å². The zero-order valence-electron chi connectivity index (χ0n) is 13.6. The van der Waals surface area contributed by atoms with E-state index < -0.39 is 0 Å². The molecule has 3 aromatic rings. The van der Waals surface area contributed by atoms with Crippen LogP contribution in [0.4, 0.5) is 0 Å². The molecule has 0 spiro atoms. The van der Waals surface area contributed by atoms with E-state index >= 15 is 0 Å². The quantitative estimate of drug-likeness (QED) is 0.742. The van der Waals surface area contributed by atoms with Crippen molar-refractivity contribution >= 4 is 16.9 Å². The van der Waals surface area contributed by atoms with Crippen molar-refractivity contribution in [2.75, 3.05) is 13.1 Å². The molecule has 0 aliphatic carbocycles. The van der Waals surface area contributed by atoms with E-state index in [1.165, 1.54) is 24.2 Å². The van der Waals surface area contributed by atoms with Crippen molar-refractivity contribution in [1.82, 2.24) is 24.3 Å². The molecule has 1 atom stereocenters. The van der Waals surface area contributed by atoms with Crippen LogP contribution in [-0.4, -0.2) is 37.3 Å². The zero-order valence-corrected chi connectivity index (χ0v) is 14.4. The summed E-state index contributed by atoms with van der Waals surface area (Å²) in [7, 11) is 0. The van der Waals surface area contributed by atoms with E-state index in [-0.39, 0.29) is 5.41 Å². The van der Waals surface area contributed by atoms with Crippen LogP contribution in [-0.2, 0) is 12.0 Å². The highest BCUT2D eigenvalue weighted by Crippen LogP contribution is 2.34. The number of hydrogen-bond donors (Lipinski definition) is 0. The van der Waals surface area contributed by atoms with Gasteiger partial charge in [0.15, 0.2) is 0 Å². The van der Waals surface area contributed by atoms with Crippen molar-refractivity contribution in [3.63, 3.8) is 0 Å². The fourth-order valence-electron chi connectivity index (χ4n) is 3.63. The summed E-state index contributed by atoms with van der Waals surface area (Å²) in [6.07, 6.45) is 6.12. The molecular weight excluding hydrogens is 306 g/mol. The molecule has 120 valence electrons. The molecule has 4 rings (SSSR count). The summed E-state index contributed by atoms with van der Waals surface area (Å²) in [5.74, 6) is 1.01. The number of rotatable bonds is 3. The maximum absolute atomic E-state index is 4.88. The van der Waals surface area contributed by atoms with Gasteiger partial charge in [0.25, 0.3) is 0 Å². The Bertz CT molecular complexity index is 810. The van der Waals surface area contributed by atoms with Gasteiger partial charge >= 0.3 is 0 Å². The molecule has 1 saturated heterocycles. The van der Waals surface area contributed by atoms with Crippen LogP contribution >= 0.6 is 11.3 Å². The van der Waals surface area contributed by atoms with Crippen LogP contribution in [0.15, 0.2) is 29.5 Å². The molecule has 0 saturated carbocycles. The largest absolute Gasteiger partial charge is 0.297 e. The molecule has 5 nitrogen and oxygen atoms in total. The molecule has 0 amide bonds. The number of fused-ring (bicyclic) bond motifs is 1. The number of thiazole rings is 1. The van der Waals surface area contributed by atoms with Crippen molar-refractivity contribution in [1.29, 1.82) is 0 Å². The van der Waals surface area contributed by atoms with Gasteiger partial charge in [0.05, 0.1) is 28.6 Å². The minimum Gasteiger partial charge on any atom is -0.297 e. The van der Waals surface area contributed by atoms with Gasteiger partial charge in [-0.2, -0.15) is 0 Å². The third-order valence-corrected chi connectivity index (χ3v) is 5.48. The molecule has 0 radical (unpaired) electrons. The zero-order chi connectivity index (χ0) is 15.9. The summed E-state index contributed by atoms with van der Waals surface area (Å²) in [5, 5.41) is 2.15. The number of aryl methyl sites for hydroxylation is 1. The van der Waals surface area contributed by atoms with Crippen LogP contribution < -0.4 is 0 Å². The molecule has 6 heteroatoms. The SMILES string of the molecule is Cc1nc(C2(C)CCCN(Cc3cscn3)C2)cc2cncn12. The molecule has 3 aromatic heterocycles. The van der Waals surface area contributed by atoms with E-state index in [1.54, 1.807) is 11.3 Å². The Morgan fingerprint density at radius 1 is 1.39 bits per heavy atom. The van der Waals surface area contributed by atoms with Gasteiger partial charge in [-0.3, -0.25) is 9.30 Å². The minimum absolute atomic E-state index is 0.0883. The summed E-state index contributed by atoms with van der Waals surface area (Å²) < 4.78 is 2.04. The molecule has 0 bridgehead atoms. The Morgan fingerprint density at radius 3 is 3.13 bits per heavy atom. The second kappa shape index (κ2) is 5.69. The molecule has 0 aromatic carbocycles. The summed E-state index contributed by atoms with van der Waals surface area (Å²) in [6.45, 7) is 7.50. The van der Waals surface area contributed by atoms with E-state index in [2.05, 4.69) is 40.2 Å². The second-order valence-electron chi connectivity index (χ2n) is 6.73. The smallest absolute Gasteiger partial charge is 0.111 e. The maximum Gasteiger partial charge on any atom is 0.111 e. The maximum atomic E-state index is 4.88. The molecule has 1 aliphatic heterocycles. The predicted octanol–water partition coefficient (Wildman–Crippen LogP) is 3.05. The number of aromatic nitrogens is 4. The average Bonchev–Trinajstić information content (AvgIpc) is 3.18. The highest BCUT2D eigenvalue weighted by atomic mass is 32.1. The van der Waals surface area contributed by atoms with Crippen LogP contribution in [0.1, 0.15) is 37.0 Å². The summed E-state index contributed by atoms with van der Waals surface area (Å²) in [4.78, 5) is 16.1. The van der Waals surface area contributed by atoms with Crippen molar-refractivity contribution in [2.45, 2.75) is 38.6 Å². The van der Waals surface area contributed by atoms with Gasteiger partial charge in [-0.25, -0.2) is 15.0 Å². The lowest BCUT2D eigenvalue weighted by Gasteiger charge is -2.40. The van der Waals surface area contributed by atoms with Crippen molar-refractivity contribution in [3.8, 4) is 0 Å². The van der Waals surface area contributed by atoms with Gasteiger partial charge in [0.1, 0.15) is 12.2 Å². The predicted molar refractivity (Wildman–Crippen MR) is 91.7 cm³/mol. The normalized spacial score (nSPS) is 22.7. The molecule has 1 fully saturated rings.